The molecule has 0 radical (unpaired) electrons. The Morgan fingerprint density at radius 1 is 1.15 bits per heavy atom. The van der Waals surface area contributed by atoms with Gasteiger partial charge < -0.3 is 9.84 Å². The van der Waals surface area contributed by atoms with Gasteiger partial charge in [-0.3, -0.25) is 14.5 Å². The van der Waals surface area contributed by atoms with Crippen LogP contribution in [0.1, 0.15) is 47.4 Å². The quantitative estimate of drug-likeness (QED) is 0.257. The monoisotopic (exact) mass is 481 g/mol. The van der Waals surface area contributed by atoms with Gasteiger partial charge in [0.15, 0.2) is 0 Å². The molecule has 1 atom stereocenters. The molecule has 1 fully saturated rings. The fraction of sp³-hybridized carbons (Fsp3) is 0.231. The van der Waals surface area contributed by atoms with E-state index >= 15 is 0 Å². The van der Waals surface area contributed by atoms with Gasteiger partial charge in [-0.1, -0.05) is 37.6 Å². The van der Waals surface area contributed by atoms with E-state index in [0.29, 0.717) is 22.0 Å². The lowest BCUT2D eigenvalue weighted by Gasteiger charge is -2.24. The van der Waals surface area contributed by atoms with Crippen LogP contribution in [-0.4, -0.2) is 23.9 Å². The van der Waals surface area contributed by atoms with E-state index in [2.05, 4.69) is 0 Å². The number of thiophene rings is 1. The van der Waals surface area contributed by atoms with Crippen molar-refractivity contribution in [3.63, 3.8) is 0 Å². The SMILES string of the molecule is COc1ccc(/C(O)=C2/C(=O)C(=O)N(c3ccc(C)c(Cl)c3)C2c2cccs2)cc1C(C)C. The average Bonchev–Trinajstić information content (AvgIpc) is 3.42. The highest BCUT2D eigenvalue weighted by molar-refractivity contribution is 7.10. The minimum atomic E-state index is -0.756. The van der Waals surface area contributed by atoms with Crippen LogP contribution in [0.15, 0.2) is 59.5 Å². The Morgan fingerprint density at radius 3 is 2.52 bits per heavy atom. The van der Waals surface area contributed by atoms with Crippen LogP contribution in [0.5, 0.6) is 5.75 Å². The molecule has 1 aromatic heterocycles. The number of ether oxygens (including phenoxy) is 1. The third-order valence-electron chi connectivity index (χ3n) is 5.82. The summed E-state index contributed by atoms with van der Waals surface area (Å²) in [5.41, 5.74) is 2.78. The molecule has 170 valence electrons. The standard InChI is InChI=1S/C26H24ClNO4S/c1-14(2)18-12-16(8-10-20(18)32-4)24(29)22-23(21-6-5-11-33-21)28(26(31)25(22)30)17-9-7-15(3)19(27)13-17/h5-14,23,29H,1-4H3/b24-22-. The van der Waals surface area contributed by atoms with E-state index in [1.165, 1.54) is 16.2 Å². The van der Waals surface area contributed by atoms with Crippen molar-refractivity contribution in [3.05, 3.63) is 86.1 Å². The molecule has 0 spiro atoms. The van der Waals surface area contributed by atoms with Crippen LogP contribution >= 0.6 is 22.9 Å². The van der Waals surface area contributed by atoms with E-state index in [1.54, 1.807) is 43.5 Å². The fourth-order valence-electron chi connectivity index (χ4n) is 4.03. The number of carbonyl (C=O) groups is 2. The summed E-state index contributed by atoms with van der Waals surface area (Å²) in [6.45, 7) is 5.91. The lowest BCUT2D eigenvalue weighted by atomic mass is 9.95. The number of benzene rings is 2. The molecule has 1 N–H and O–H groups in total. The molecule has 5 nitrogen and oxygen atoms in total. The Morgan fingerprint density at radius 2 is 1.91 bits per heavy atom. The molecule has 3 aromatic rings. The van der Waals surface area contributed by atoms with Crippen molar-refractivity contribution in [1.29, 1.82) is 0 Å². The molecular formula is C26H24ClNO4S. The van der Waals surface area contributed by atoms with E-state index < -0.39 is 17.7 Å². The first kappa shape index (κ1) is 23.1. The molecule has 0 saturated carbocycles. The van der Waals surface area contributed by atoms with E-state index in [1.807, 2.05) is 38.3 Å². The van der Waals surface area contributed by atoms with E-state index in [4.69, 9.17) is 16.3 Å². The minimum absolute atomic E-state index is 0.0546. The zero-order valence-electron chi connectivity index (χ0n) is 18.8. The zero-order valence-corrected chi connectivity index (χ0v) is 20.3. The number of halogens is 1. The van der Waals surface area contributed by atoms with E-state index in [9.17, 15) is 14.7 Å². The van der Waals surface area contributed by atoms with Crippen LogP contribution < -0.4 is 9.64 Å². The molecule has 1 amide bonds. The summed E-state index contributed by atoms with van der Waals surface area (Å²) in [5, 5.41) is 13.7. The molecule has 1 saturated heterocycles. The van der Waals surface area contributed by atoms with Crippen LogP contribution in [0, 0.1) is 6.92 Å². The summed E-state index contributed by atoms with van der Waals surface area (Å²) in [7, 11) is 1.59. The van der Waals surface area contributed by atoms with Crippen LogP contribution in [-0.2, 0) is 9.59 Å². The second-order valence-corrected chi connectivity index (χ2v) is 9.62. The first-order valence-electron chi connectivity index (χ1n) is 10.5. The van der Waals surface area contributed by atoms with E-state index in [0.717, 1.165) is 16.0 Å². The highest BCUT2D eigenvalue weighted by Gasteiger charge is 2.47. The first-order chi connectivity index (χ1) is 15.7. The van der Waals surface area contributed by atoms with Crippen LogP contribution in [0.25, 0.3) is 5.76 Å². The number of methoxy groups -OCH3 is 1. The smallest absolute Gasteiger partial charge is 0.300 e. The topological polar surface area (TPSA) is 66.8 Å². The Balaban J connectivity index is 1.92. The number of ketones is 1. The molecule has 1 aliphatic rings. The molecular weight excluding hydrogens is 458 g/mol. The van der Waals surface area contributed by atoms with Gasteiger partial charge in [0.1, 0.15) is 17.6 Å². The number of nitrogens with zero attached hydrogens (tertiary/aromatic N) is 1. The van der Waals surface area contributed by atoms with Crippen molar-refractivity contribution >= 4 is 46.1 Å². The van der Waals surface area contributed by atoms with Gasteiger partial charge in [-0.05, 0) is 65.7 Å². The normalized spacial score (nSPS) is 17.8. The molecule has 7 heteroatoms. The van der Waals surface area contributed by atoms with Crippen molar-refractivity contribution < 1.29 is 19.4 Å². The number of Topliss-reactive ketones (excluding diaryl/α,β-unsaturated/α-hetero) is 1. The average molecular weight is 482 g/mol. The van der Waals surface area contributed by atoms with Crippen LogP contribution in [0.4, 0.5) is 5.69 Å². The summed E-state index contributed by atoms with van der Waals surface area (Å²) in [4.78, 5) is 28.6. The Bertz CT molecular complexity index is 1260. The highest BCUT2D eigenvalue weighted by Crippen LogP contribution is 2.44. The molecule has 0 aliphatic carbocycles. The Labute approximate surface area is 201 Å². The summed E-state index contributed by atoms with van der Waals surface area (Å²) < 4.78 is 5.44. The van der Waals surface area contributed by atoms with Gasteiger partial charge in [-0.15, -0.1) is 11.3 Å². The van der Waals surface area contributed by atoms with Gasteiger partial charge in [-0.25, -0.2) is 0 Å². The van der Waals surface area contributed by atoms with Gasteiger partial charge in [0.05, 0.1) is 12.7 Å². The first-order valence-corrected chi connectivity index (χ1v) is 11.8. The van der Waals surface area contributed by atoms with Gasteiger partial charge in [0, 0.05) is 21.2 Å². The van der Waals surface area contributed by atoms with Crippen molar-refractivity contribution in [2.45, 2.75) is 32.7 Å². The number of aliphatic hydroxyl groups is 1. The molecule has 4 rings (SSSR count). The van der Waals surface area contributed by atoms with Crippen LogP contribution in [0.3, 0.4) is 0 Å². The predicted molar refractivity (Wildman–Crippen MR) is 132 cm³/mol. The summed E-state index contributed by atoms with van der Waals surface area (Å²) in [6.07, 6.45) is 0. The number of anilines is 1. The molecule has 33 heavy (non-hydrogen) atoms. The second-order valence-electron chi connectivity index (χ2n) is 8.23. The van der Waals surface area contributed by atoms with Crippen molar-refractivity contribution in [3.8, 4) is 5.75 Å². The Hall–Kier alpha value is -3.09. The summed E-state index contributed by atoms with van der Waals surface area (Å²) >= 11 is 7.74. The van der Waals surface area contributed by atoms with Crippen molar-refractivity contribution in [1.82, 2.24) is 0 Å². The number of carbonyl (C=O) groups excluding carboxylic acids is 2. The minimum Gasteiger partial charge on any atom is -0.507 e. The lowest BCUT2D eigenvalue weighted by molar-refractivity contribution is -0.132. The molecule has 2 heterocycles. The molecule has 1 unspecified atom stereocenters. The van der Waals surface area contributed by atoms with Gasteiger partial charge >= 0.3 is 0 Å². The second kappa shape index (κ2) is 9.04. The maximum absolute atomic E-state index is 13.2. The molecule has 1 aliphatic heterocycles. The Kier molecular flexibility index (Phi) is 6.32. The number of hydrogen-bond acceptors (Lipinski definition) is 5. The number of aliphatic hydroxyl groups excluding tert-OH is 1. The highest BCUT2D eigenvalue weighted by atomic mass is 35.5. The van der Waals surface area contributed by atoms with Crippen molar-refractivity contribution in [2.24, 2.45) is 0 Å². The third kappa shape index (κ3) is 4.05. The van der Waals surface area contributed by atoms with E-state index in [-0.39, 0.29) is 17.3 Å². The molecule has 2 aromatic carbocycles. The third-order valence-corrected chi connectivity index (χ3v) is 7.15. The zero-order chi connectivity index (χ0) is 23.9. The summed E-state index contributed by atoms with van der Waals surface area (Å²) in [6, 6.07) is 13.5. The lowest BCUT2D eigenvalue weighted by Crippen LogP contribution is -2.29. The molecule has 0 bridgehead atoms. The van der Waals surface area contributed by atoms with Gasteiger partial charge in [0.25, 0.3) is 11.7 Å². The number of amides is 1. The largest absolute Gasteiger partial charge is 0.507 e. The van der Waals surface area contributed by atoms with Gasteiger partial charge in [-0.2, -0.15) is 0 Å². The summed E-state index contributed by atoms with van der Waals surface area (Å²) in [5.74, 6) is -0.807. The predicted octanol–water partition coefficient (Wildman–Crippen LogP) is 6.47. The fourth-order valence-corrected chi connectivity index (χ4v) is 5.03. The number of rotatable bonds is 5. The number of hydrogen-bond donors (Lipinski definition) is 1. The van der Waals surface area contributed by atoms with Crippen LogP contribution in [0.2, 0.25) is 5.02 Å². The number of aryl methyl sites for hydroxylation is 1. The maximum Gasteiger partial charge on any atom is 0.300 e. The van der Waals surface area contributed by atoms with Gasteiger partial charge in [0.2, 0.25) is 0 Å². The maximum atomic E-state index is 13.2. The van der Waals surface area contributed by atoms with Crippen molar-refractivity contribution in [2.75, 3.05) is 12.0 Å².